The zero-order chi connectivity index (χ0) is 19.0. The number of hydrogen-bond acceptors (Lipinski definition) is 3. The van der Waals surface area contributed by atoms with E-state index in [1.807, 2.05) is 12.1 Å². The summed E-state index contributed by atoms with van der Waals surface area (Å²) >= 11 is 12.4. The van der Waals surface area contributed by atoms with Crippen molar-refractivity contribution in [1.29, 1.82) is 0 Å². The summed E-state index contributed by atoms with van der Waals surface area (Å²) in [6.07, 6.45) is 2.75. The monoisotopic (exact) mass is 405 g/mol. The van der Waals surface area contributed by atoms with Crippen LogP contribution in [0.5, 0.6) is 5.75 Å². The summed E-state index contributed by atoms with van der Waals surface area (Å²) < 4.78 is 5.93. The Bertz CT molecular complexity index is 850. The summed E-state index contributed by atoms with van der Waals surface area (Å²) in [5.74, 6) is -0.120. The zero-order valence-electron chi connectivity index (χ0n) is 14.8. The van der Waals surface area contributed by atoms with Crippen LogP contribution < -0.4 is 4.74 Å². The van der Waals surface area contributed by atoms with Crippen LogP contribution in [0.4, 0.5) is 0 Å². The van der Waals surface area contributed by atoms with E-state index in [2.05, 4.69) is 17.0 Å². The van der Waals surface area contributed by atoms with Gasteiger partial charge >= 0.3 is 5.97 Å². The SMILES string of the molecule is O=C(O)[C@H]1CCN(C2CCc3cc(OCc4c(Cl)cccc4Cl)ccc32)C1. The first-order chi connectivity index (χ1) is 13.0. The van der Waals surface area contributed by atoms with Crippen molar-refractivity contribution < 1.29 is 14.6 Å². The Balaban J connectivity index is 1.45. The highest BCUT2D eigenvalue weighted by Crippen LogP contribution is 2.40. The highest BCUT2D eigenvalue weighted by Gasteiger charge is 2.35. The number of aryl methyl sites for hydroxylation is 1. The number of halogens is 2. The molecule has 27 heavy (non-hydrogen) atoms. The average molecular weight is 406 g/mol. The van der Waals surface area contributed by atoms with Crippen LogP contribution in [-0.2, 0) is 17.8 Å². The molecule has 0 spiro atoms. The van der Waals surface area contributed by atoms with Crippen LogP contribution in [0.15, 0.2) is 36.4 Å². The second kappa shape index (κ2) is 7.70. The number of fused-ring (bicyclic) bond motifs is 1. The number of carboxylic acids is 1. The van der Waals surface area contributed by atoms with Gasteiger partial charge in [-0.15, -0.1) is 0 Å². The molecule has 1 aliphatic carbocycles. The van der Waals surface area contributed by atoms with E-state index in [4.69, 9.17) is 27.9 Å². The van der Waals surface area contributed by atoms with Gasteiger partial charge in [-0.25, -0.2) is 0 Å². The number of aliphatic carboxylic acids is 1. The molecule has 1 aliphatic heterocycles. The molecule has 0 radical (unpaired) electrons. The molecule has 4 nitrogen and oxygen atoms in total. The van der Waals surface area contributed by atoms with Gasteiger partial charge in [0.1, 0.15) is 12.4 Å². The first-order valence-corrected chi connectivity index (χ1v) is 9.94. The van der Waals surface area contributed by atoms with E-state index in [1.165, 1.54) is 11.1 Å². The number of carbonyl (C=O) groups is 1. The minimum absolute atomic E-state index is 0.239. The van der Waals surface area contributed by atoms with Gasteiger partial charge in [-0.2, -0.15) is 0 Å². The molecule has 0 amide bonds. The summed E-state index contributed by atoms with van der Waals surface area (Å²) in [5.41, 5.74) is 3.36. The summed E-state index contributed by atoms with van der Waals surface area (Å²) in [6, 6.07) is 11.9. The largest absolute Gasteiger partial charge is 0.489 e. The van der Waals surface area contributed by atoms with Crippen molar-refractivity contribution in [1.82, 2.24) is 4.90 Å². The molecule has 2 aromatic carbocycles. The summed E-state index contributed by atoms with van der Waals surface area (Å²) in [7, 11) is 0. The molecular weight excluding hydrogens is 385 g/mol. The first-order valence-electron chi connectivity index (χ1n) is 9.18. The van der Waals surface area contributed by atoms with E-state index in [-0.39, 0.29) is 5.92 Å². The fraction of sp³-hybridized carbons (Fsp3) is 0.381. The van der Waals surface area contributed by atoms with Gasteiger partial charge in [0.25, 0.3) is 0 Å². The lowest BCUT2D eigenvalue weighted by Gasteiger charge is -2.24. The van der Waals surface area contributed by atoms with E-state index < -0.39 is 5.97 Å². The third-order valence-electron chi connectivity index (χ3n) is 5.62. The maximum Gasteiger partial charge on any atom is 0.307 e. The normalized spacial score (nSPS) is 22.0. The van der Waals surface area contributed by atoms with Crippen LogP contribution in [0, 0.1) is 5.92 Å². The van der Waals surface area contributed by atoms with Gasteiger partial charge in [0, 0.05) is 28.2 Å². The quantitative estimate of drug-likeness (QED) is 0.762. The van der Waals surface area contributed by atoms with Crippen LogP contribution >= 0.6 is 23.2 Å². The van der Waals surface area contributed by atoms with E-state index in [1.54, 1.807) is 12.1 Å². The van der Waals surface area contributed by atoms with Crippen molar-refractivity contribution in [2.24, 2.45) is 5.92 Å². The van der Waals surface area contributed by atoms with Gasteiger partial charge in [-0.3, -0.25) is 9.69 Å². The van der Waals surface area contributed by atoms with Crippen LogP contribution in [0.25, 0.3) is 0 Å². The highest BCUT2D eigenvalue weighted by atomic mass is 35.5. The van der Waals surface area contributed by atoms with E-state index in [0.29, 0.717) is 29.2 Å². The summed E-state index contributed by atoms with van der Waals surface area (Å²) in [4.78, 5) is 13.5. The lowest BCUT2D eigenvalue weighted by molar-refractivity contribution is -0.141. The predicted octanol–water partition coefficient (Wildman–Crippen LogP) is 4.97. The number of likely N-dealkylation sites (tertiary alicyclic amines) is 1. The minimum atomic E-state index is -0.683. The molecule has 4 rings (SSSR count). The van der Waals surface area contributed by atoms with Gasteiger partial charge in [0.15, 0.2) is 0 Å². The molecule has 2 aromatic rings. The number of rotatable bonds is 5. The van der Waals surface area contributed by atoms with E-state index >= 15 is 0 Å². The Hall–Kier alpha value is -1.75. The Labute approximate surface area is 168 Å². The average Bonchev–Trinajstić information content (AvgIpc) is 3.27. The number of carboxylic acid groups (broad SMARTS) is 1. The van der Waals surface area contributed by atoms with Crippen LogP contribution in [0.2, 0.25) is 10.0 Å². The van der Waals surface area contributed by atoms with Crippen molar-refractivity contribution in [3.63, 3.8) is 0 Å². The number of nitrogens with zero attached hydrogens (tertiary/aromatic N) is 1. The summed E-state index contributed by atoms with van der Waals surface area (Å²) in [5, 5.41) is 10.4. The molecule has 2 aliphatic rings. The molecule has 1 saturated heterocycles. The Morgan fingerprint density at radius 1 is 1.19 bits per heavy atom. The second-order valence-electron chi connectivity index (χ2n) is 7.22. The van der Waals surface area contributed by atoms with E-state index in [9.17, 15) is 9.90 Å². The zero-order valence-corrected chi connectivity index (χ0v) is 16.3. The molecule has 1 unspecified atom stereocenters. The van der Waals surface area contributed by atoms with Crippen molar-refractivity contribution in [2.45, 2.75) is 31.9 Å². The minimum Gasteiger partial charge on any atom is -0.489 e. The molecule has 2 atom stereocenters. The highest BCUT2D eigenvalue weighted by molar-refractivity contribution is 6.35. The fourth-order valence-corrected chi connectivity index (χ4v) is 4.64. The van der Waals surface area contributed by atoms with Crippen LogP contribution in [0.1, 0.15) is 35.6 Å². The smallest absolute Gasteiger partial charge is 0.307 e. The molecular formula is C21H21Cl2NO3. The third kappa shape index (κ3) is 3.79. The Morgan fingerprint density at radius 3 is 2.67 bits per heavy atom. The molecule has 0 bridgehead atoms. The third-order valence-corrected chi connectivity index (χ3v) is 6.32. The Morgan fingerprint density at radius 2 is 1.96 bits per heavy atom. The van der Waals surface area contributed by atoms with Crippen LogP contribution in [-0.4, -0.2) is 29.1 Å². The Kier molecular flexibility index (Phi) is 5.31. The van der Waals surface area contributed by atoms with Crippen molar-refractivity contribution in [3.05, 3.63) is 63.1 Å². The van der Waals surface area contributed by atoms with Gasteiger partial charge < -0.3 is 9.84 Å². The molecule has 0 aromatic heterocycles. The van der Waals surface area contributed by atoms with Crippen molar-refractivity contribution in [2.75, 3.05) is 13.1 Å². The molecule has 6 heteroatoms. The number of benzene rings is 2. The maximum atomic E-state index is 11.2. The molecule has 1 fully saturated rings. The fourth-order valence-electron chi connectivity index (χ4n) is 4.14. The van der Waals surface area contributed by atoms with Crippen molar-refractivity contribution >= 4 is 29.2 Å². The van der Waals surface area contributed by atoms with Gasteiger partial charge in [-0.05, 0) is 61.2 Å². The van der Waals surface area contributed by atoms with Gasteiger partial charge in [0.2, 0.25) is 0 Å². The molecule has 1 heterocycles. The van der Waals surface area contributed by atoms with E-state index in [0.717, 1.165) is 37.1 Å². The lowest BCUT2D eigenvalue weighted by Crippen LogP contribution is -2.26. The maximum absolute atomic E-state index is 11.2. The standard InChI is InChI=1S/C21H21Cl2NO3/c22-18-2-1-3-19(23)17(18)12-27-15-5-6-16-13(10-15)4-7-20(16)24-9-8-14(11-24)21(25)26/h1-3,5-6,10,14,20H,4,7-9,11-12H2,(H,25,26)/t14-,20?/m0/s1. The second-order valence-corrected chi connectivity index (χ2v) is 8.04. The van der Waals surface area contributed by atoms with Crippen molar-refractivity contribution in [3.8, 4) is 5.75 Å². The lowest BCUT2D eigenvalue weighted by atomic mass is 10.1. The molecule has 0 saturated carbocycles. The first kappa shape index (κ1) is 18.6. The van der Waals surface area contributed by atoms with Gasteiger partial charge in [0.05, 0.1) is 5.92 Å². The summed E-state index contributed by atoms with van der Waals surface area (Å²) in [6.45, 7) is 1.82. The predicted molar refractivity (Wildman–Crippen MR) is 106 cm³/mol. The number of hydrogen-bond donors (Lipinski definition) is 1. The number of ether oxygens (including phenoxy) is 1. The van der Waals surface area contributed by atoms with Gasteiger partial charge in [-0.1, -0.05) is 35.3 Å². The molecule has 1 N–H and O–H groups in total. The molecule has 142 valence electrons. The van der Waals surface area contributed by atoms with Crippen LogP contribution in [0.3, 0.4) is 0 Å². The topological polar surface area (TPSA) is 49.8 Å².